The number of phenolic OH excluding ortho intramolecular Hbond substituents is 1. The van der Waals surface area contributed by atoms with E-state index in [2.05, 4.69) is 20.9 Å². The predicted molar refractivity (Wildman–Crippen MR) is 154 cm³/mol. The molecule has 4 N–H and O–H groups in total. The number of halogens is 1. The molecule has 1 saturated carbocycles. The van der Waals surface area contributed by atoms with E-state index in [1.54, 1.807) is 13.0 Å². The molecule has 2 aromatic rings. The van der Waals surface area contributed by atoms with Crippen LogP contribution >= 0.6 is 0 Å². The third-order valence-corrected chi connectivity index (χ3v) is 7.84. The summed E-state index contributed by atoms with van der Waals surface area (Å²) in [6.07, 6.45) is 8.86. The van der Waals surface area contributed by atoms with Crippen molar-refractivity contribution in [3.8, 4) is 11.5 Å². The number of fused-ring (bicyclic) bond motifs is 1. The van der Waals surface area contributed by atoms with Crippen LogP contribution in [-0.4, -0.2) is 67.2 Å². The quantitative estimate of drug-likeness (QED) is 0.169. The SMILES string of the molecule is Cc1cc(CCNCCC(=O)N(CCNCCc2ccc(O)c3c2OCC(=O)N3)C2CCCCCC2)ccc1F. The third-order valence-electron chi connectivity index (χ3n) is 7.84. The van der Waals surface area contributed by atoms with E-state index >= 15 is 0 Å². The molecule has 218 valence electrons. The van der Waals surface area contributed by atoms with Gasteiger partial charge in [0.15, 0.2) is 12.4 Å². The van der Waals surface area contributed by atoms with Gasteiger partial charge < -0.3 is 30.7 Å². The molecule has 4 rings (SSSR count). The second kappa shape index (κ2) is 15.0. The summed E-state index contributed by atoms with van der Waals surface area (Å²) in [5.74, 6) is 0.254. The molecular formula is C31H43FN4O4. The maximum absolute atomic E-state index is 13.5. The first kappa shape index (κ1) is 29.8. The Morgan fingerprint density at radius 3 is 2.58 bits per heavy atom. The van der Waals surface area contributed by atoms with Crippen LogP contribution in [0.15, 0.2) is 30.3 Å². The van der Waals surface area contributed by atoms with Crippen LogP contribution in [0.2, 0.25) is 0 Å². The molecule has 1 fully saturated rings. The van der Waals surface area contributed by atoms with Crippen molar-refractivity contribution in [3.05, 3.63) is 52.8 Å². The van der Waals surface area contributed by atoms with Crippen molar-refractivity contribution in [2.75, 3.05) is 44.6 Å². The first-order valence-electron chi connectivity index (χ1n) is 14.7. The second-order valence-electron chi connectivity index (χ2n) is 10.9. The maximum atomic E-state index is 13.5. The average molecular weight is 555 g/mol. The van der Waals surface area contributed by atoms with E-state index in [0.717, 1.165) is 36.9 Å². The predicted octanol–water partition coefficient (Wildman–Crippen LogP) is 4.08. The lowest BCUT2D eigenvalue weighted by molar-refractivity contribution is -0.133. The molecule has 0 radical (unpaired) electrons. The molecule has 2 aromatic carbocycles. The minimum atomic E-state index is -0.278. The zero-order valence-electron chi connectivity index (χ0n) is 23.6. The number of nitrogens with zero attached hydrogens (tertiary/aromatic N) is 1. The summed E-state index contributed by atoms with van der Waals surface area (Å²) in [6, 6.07) is 8.89. The normalized spacial score (nSPS) is 15.6. The van der Waals surface area contributed by atoms with Gasteiger partial charge in [0.25, 0.3) is 5.91 Å². The largest absolute Gasteiger partial charge is 0.506 e. The number of carbonyl (C=O) groups is 2. The summed E-state index contributed by atoms with van der Waals surface area (Å²) >= 11 is 0. The molecule has 8 nitrogen and oxygen atoms in total. The van der Waals surface area contributed by atoms with Gasteiger partial charge in [-0.05, 0) is 74.5 Å². The van der Waals surface area contributed by atoms with Gasteiger partial charge in [-0.2, -0.15) is 0 Å². The number of hydrogen-bond donors (Lipinski definition) is 4. The minimum absolute atomic E-state index is 0.00245. The first-order chi connectivity index (χ1) is 19.4. The van der Waals surface area contributed by atoms with Gasteiger partial charge >= 0.3 is 0 Å². The summed E-state index contributed by atoms with van der Waals surface area (Å²) in [5, 5.41) is 19.6. The van der Waals surface area contributed by atoms with Crippen LogP contribution in [0.5, 0.6) is 11.5 Å². The fourth-order valence-corrected chi connectivity index (χ4v) is 5.60. The molecule has 0 unspecified atom stereocenters. The van der Waals surface area contributed by atoms with Crippen molar-refractivity contribution in [1.29, 1.82) is 0 Å². The minimum Gasteiger partial charge on any atom is -0.506 e. The van der Waals surface area contributed by atoms with Gasteiger partial charge in [-0.3, -0.25) is 9.59 Å². The van der Waals surface area contributed by atoms with Crippen molar-refractivity contribution in [3.63, 3.8) is 0 Å². The first-order valence-corrected chi connectivity index (χ1v) is 14.7. The Hall–Kier alpha value is -3.17. The number of nitrogens with one attached hydrogen (secondary N) is 3. The van der Waals surface area contributed by atoms with Gasteiger partial charge in [-0.25, -0.2) is 4.39 Å². The Morgan fingerprint density at radius 2 is 1.80 bits per heavy atom. The molecule has 0 atom stereocenters. The van der Waals surface area contributed by atoms with Crippen LogP contribution < -0.4 is 20.7 Å². The standard InChI is InChI=1S/C31H43FN4O4/c1-22-20-23(8-10-26(22)32)12-15-33-17-14-29(39)36(25-6-4-2-3-5-7-25)19-18-34-16-13-24-9-11-27(37)30-31(24)40-21-28(38)35-30/h8-11,20,25,33-34,37H,2-7,12-19,21H2,1H3,(H,35,38). The van der Waals surface area contributed by atoms with E-state index in [1.165, 1.54) is 31.7 Å². The van der Waals surface area contributed by atoms with Crippen molar-refractivity contribution in [2.24, 2.45) is 0 Å². The van der Waals surface area contributed by atoms with Gasteiger partial charge in [-0.1, -0.05) is 43.9 Å². The van der Waals surface area contributed by atoms with E-state index in [-0.39, 0.29) is 30.0 Å². The average Bonchev–Trinajstić information content (AvgIpc) is 3.23. The number of carbonyl (C=O) groups excluding carboxylic acids is 2. The lowest BCUT2D eigenvalue weighted by Crippen LogP contribution is -2.45. The number of benzene rings is 2. The van der Waals surface area contributed by atoms with Crippen LogP contribution in [0.1, 0.15) is 61.6 Å². The van der Waals surface area contributed by atoms with Crippen LogP contribution in [0.3, 0.4) is 0 Å². The molecule has 2 aliphatic rings. The number of aryl methyl sites for hydroxylation is 1. The summed E-state index contributed by atoms with van der Waals surface area (Å²) in [5.41, 5.74) is 3.00. The summed E-state index contributed by atoms with van der Waals surface area (Å²) in [6.45, 7) is 5.13. The Morgan fingerprint density at radius 1 is 1.05 bits per heavy atom. The second-order valence-corrected chi connectivity index (χ2v) is 10.9. The molecular weight excluding hydrogens is 511 g/mol. The van der Waals surface area contributed by atoms with Gasteiger partial charge in [0, 0.05) is 32.1 Å². The monoisotopic (exact) mass is 554 g/mol. The van der Waals surface area contributed by atoms with E-state index in [4.69, 9.17) is 4.74 Å². The number of rotatable bonds is 13. The highest BCUT2D eigenvalue weighted by atomic mass is 19.1. The molecule has 0 spiro atoms. The summed E-state index contributed by atoms with van der Waals surface area (Å²) < 4.78 is 19.1. The molecule has 0 bridgehead atoms. The molecule has 2 amide bonds. The lowest BCUT2D eigenvalue weighted by atomic mass is 10.1. The lowest BCUT2D eigenvalue weighted by Gasteiger charge is -2.32. The van der Waals surface area contributed by atoms with Crippen LogP contribution in [0, 0.1) is 12.7 Å². The molecule has 0 aromatic heterocycles. The Labute approximate surface area is 236 Å². The fourth-order valence-electron chi connectivity index (χ4n) is 5.60. The number of hydrogen-bond acceptors (Lipinski definition) is 6. The van der Waals surface area contributed by atoms with Gasteiger partial charge in [-0.15, -0.1) is 0 Å². The number of anilines is 1. The van der Waals surface area contributed by atoms with Gasteiger partial charge in [0.2, 0.25) is 5.91 Å². The highest BCUT2D eigenvalue weighted by Gasteiger charge is 2.25. The fraction of sp³-hybridized carbons (Fsp3) is 0.548. The van der Waals surface area contributed by atoms with Crippen LogP contribution in [-0.2, 0) is 22.4 Å². The number of amides is 2. The highest BCUT2D eigenvalue weighted by molar-refractivity contribution is 5.97. The third kappa shape index (κ3) is 8.41. The van der Waals surface area contributed by atoms with Gasteiger partial charge in [0.1, 0.15) is 17.3 Å². The number of phenols is 1. The zero-order valence-corrected chi connectivity index (χ0v) is 23.6. The highest BCUT2D eigenvalue weighted by Crippen LogP contribution is 2.39. The maximum Gasteiger partial charge on any atom is 0.262 e. The Bertz CT molecular complexity index is 1150. The Kier molecular flexibility index (Phi) is 11.2. The molecule has 0 saturated heterocycles. The summed E-state index contributed by atoms with van der Waals surface area (Å²) in [4.78, 5) is 27.0. The van der Waals surface area contributed by atoms with E-state index < -0.39 is 0 Å². The van der Waals surface area contributed by atoms with E-state index in [1.807, 2.05) is 18.2 Å². The van der Waals surface area contributed by atoms with Crippen molar-refractivity contribution < 1.29 is 23.8 Å². The van der Waals surface area contributed by atoms with E-state index in [9.17, 15) is 19.1 Å². The molecule has 1 aliphatic carbocycles. The number of aromatic hydroxyl groups is 1. The van der Waals surface area contributed by atoms with Crippen molar-refractivity contribution >= 4 is 17.5 Å². The zero-order chi connectivity index (χ0) is 28.3. The van der Waals surface area contributed by atoms with Crippen LogP contribution in [0.25, 0.3) is 0 Å². The van der Waals surface area contributed by atoms with Gasteiger partial charge in [0.05, 0.1) is 0 Å². The summed E-state index contributed by atoms with van der Waals surface area (Å²) in [7, 11) is 0. The Balaban J connectivity index is 1.23. The molecule has 1 heterocycles. The smallest absolute Gasteiger partial charge is 0.262 e. The van der Waals surface area contributed by atoms with Crippen molar-refractivity contribution in [2.45, 2.75) is 70.8 Å². The number of ether oxygens (including phenoxy) is 1. The topological polar surface area (TPSA) is 103 Å². The molecule has 9 heteroatoms. The van der Waals surface area contributed by atoms with Crippen LogP contribution in [0.4, 0.5) is 10.1 Å². The molecule has 1 aliphatic heterocycles. The van der Waals surface area contributed by atoms with Crippen molar-refractivity contribution in [1.82, 2.24) is 15.5 Å². The molecule has 40 heavy (non-hydrogen) atoms. The van der Waals surface area contributed by atoms with E-state index in [0.29, 0.717) is 62.1 Å².